The Bertz CT molecular complexity index is 626. The predicted octanol–water partition coefficient (Wildman–Crippen LogP) is 0.352. The van der Waals surface area contributed by atoms with Gasteiger partial charge in [-0.2, -0.15) is 4.98 Å². The minimum Gasteiger partial charge on any atom is -0.351 e. The topological polar surface area (TPSA) is 94.0 Å². The van der Waals surface area contributed by atoms with Crippen molar-refractivity contribution in [1.82, 2.24) is 15.5 Å². The molecule has 0 unspecified atom stereocenters. The van der Waals surface area contributed by atoms with E-state index in [1.807, 2.05) is 6.07 Å². The molecular formula is C14H14N4O2. The molecule has 102 valence electrons. The molecule has 0 aliphatic heterocycles. The van der Waals surface area contributed by atoms with Crippen LogP contribution in [0.3, 0.4) is 0 Å². The number of rotatable bonds is 4. The first kappa shape index (κ1) is 13.8. The minimum atomic E-state index is -0.188. The number of carbonyl (C=O) groups excluding carboxylic acids is 1. The van der Waals surface area contributed by atoms with E-state index in [9.17, 15) is 4.79 Å². The molecule has 0 saturated heterocycles. The molecule has 1 amide bonds. The molecule has 1 aromatic carbocycles. The summed E-state index contributed by atoms with van der Waals surface area (Å²) in [5.41, 5.74) is 6.53. The van der Waals surface area contributed by atoms with Gasteiger partial charge >= 0.3 is 0 Å². The molecular weight excluding hydrogens is 256 g/mol. The Morgan fingerprint density at radius 2 is 2.25 bits per heavy atom. The van der Waals surface area contributed by atoms with E-state index < -0.39 is 0 Å². The average molecular weight is 270 g/mol. The number of benzene rings is 1. The van der Waals surface area contributed by atoms with Crippen molar-refractivity contribution in [2.24, 2.45) is 5.73 Å². The highest BCUT2D eigenvalue weighted by molar-refractivity contribution is 5.96. The van der Waals surface area contributed by atoms with Gasteiger partial charge in [0.25, 0.3) is 5.91 Å². The Morgan fingerprint density at radius 1 is 1.40 bits per heavy atom. The Balaban J connectivity index is 1.98. The standard InChI is InChI=1S/C14H14N4O2/c15-8-3-5-11-4-1-2-6-12(11)14(19)16-9-7-13-17-10-18-20-13/h1-2,4,6,10H,7-9,15H2,(H,16,19). The van der Waals surface area contributed by atoms with E-state index >= 15 is 0 Å². The lowest BCUT2D eigenvalue weighted by Crippen LogP contribution is -2.26. The van der Waals surface area contributed by atoms with Crippen LogP contribution in [0, 0.1) is 11.8 Å². The first-order chi connectivity index (χ1) is 9.81. The van der Waals surface area contributed by atoms with E-state index in [1.54, 1.807) is 18.2 Å². The van der Waals surface area contributed by atoms with Crippen LogP contribution in [0.1, 0.15) is 21.8 Å². The third-order valence-electron chi connectivity index (χ3n) is 2.53. The van der Waals surface area contributed by atoms with Crippen LogP contribution in [0.25, 0.3) is 0 Å². The minimum absolute atomic E-state index is 0.188. The van der Waals surface area contributed by atoms with Gasteiger partial charge in [-0.3, -0.25) is 4.79 Å². The lowest BCUT2D eigenvalue weighted by Gasteiger charge is -2.05. The third kappa shape index (κ3) is 3.67. The van der Waals surface area contributed by atoms with Crippen molar-refractivity contribution >= 4 is 5.91 Å². The molecule has 0 aliphatic carbocycles. The maximum Gasteiger partial charge on any atom is 0.252 e. The van der Waals surface area contributed by atoms with Gasteiger partial charge in [-0.1, -0.05) is 29.1 Å². The second-order valence-electron chi connectivity index (χ2n) is 3.89. The number of nitrogens with one attached hydrogen (secondary N) is 1. The van der Waals surface area contributed by atoms with Gasteiger partial charge in [-0.05, 0) is 12.1 Å². The quantitative estimate of drug-likeness (QED) is 0.782. The van der Waals surface area contributed by atoms with Crippen molar-refractivity contribution in [2.45, 2.75) is 6.42 Å². The number of nitrogens with two attached hydrogens (primary N) is 1. The zero-order valence-electron chi connectivity index (χ0n) is 10.8. The van der Waals surface area contributed by atoms with Gasteiger partial charge in [0.05, 0.1) is 12.1 Å². The zero-order chi connectivity index (χ0) is 14.2. The molecule has 2 aromatic rings. The maximum absolute atomic E-state index is 12.1. The van der Waals surface area contributed by atoms with E-state index in [2.05, 4.69) is 27.3 Å². The smallest absolute Gasteiger partial charge is 0.252 e. The summed E-state index contributed by atoms with van der Waals surface area (Å²) in [6.45, 7) is 0.673. The van der Waals surface area contributed by atoms with Crippen LogP contribution in [-0.4, -0.2) is 29.1 Å². The molecule has 20 heavy (non-hydrogen) atoms. The Hall–Kier alpha value is -2.65. The molecule has 6 heteroatoms. The maximum atomic E-state index is 12.1. The van der Waals surface area contributed by atoms with Gasteiger partial charge in [0.15, 0.2) is 6.33 Å². The summed E-state index contributed by atoms with van der Waals surface area (Å²) in [6, 6.07) is 7.13. The molecule has 0 spiro atoms. The first-order valence-electron chi connectivity index (χ1n) is 6.13. The molecule has 6 nitrogen and oxygen atoms in total. The number of aromatic nitrogens is 2. The van der Waals surface area contributed by atoms with E-state index in [0.29, 0.717) is 30.0 Å². The summed E-state index contributed by atoms with van der Waals surface area (Å²) in [4.78, 5) is 16.0. The van der Waals surface area contributed by atoms with Crippen LogP contribution in [0.15, 0.2) is 35.1 Å². The summed E-state index contributed by atoms with van der Waals surface area (Å²) in [6.07, 6.45) is 1.82. The Labute approximate surface area is 116 Å². The summed E-state index contributed by atoms with van der Waals surface area (Å²) >= 11 is 0. The van der Waals surface area contributed by atoms with Crippen molar-refractivity contribution < 1.29 is 9.32 Å². The van der Waals surface area contributed by atoms with Crippen molar-refractivity contribution in [3.8, 4) is 11.8 Å². The Kier molecular flexibility index (Phi) is 4.87. The van der Waals surface area contributed by atoms with Gasteiger partial charge in [-0.25, -0.2) is 0 Å². The average Bonchev–Trinajstić information content (AvgIpc) is 2.98. The van der Waals surface area contributed by atoms with Crippen molar-refractivity contribution in [2.75, 3.05) is 13.1 Å². The molecule has 1 heterocycles. The van der Waals surface area contributed by atoms with Crippen LogP contribution in [0.4, 0.5) is 0 Å². The fourth-order valence-corrected chi connectivity index (χ4v) is 1.62. The number of hydrogen-bond acceptors (Lipinski definition) is 5. The molecule has 3 N–H and O–H groups in total. The van der Waals surface area contributed by atoms with Gasteiger partial charge in [0.1, 0.15) is 0 Å². The summed E-state index contributed by atoms with van der Waals surface area (Å²) < 4.78 is 4.85. The second-order valence-corrected chi connectivity index (χ2v) is 3.89. The molecule has 0 atom stereocenters. The number of nitrogens with zero attached hydrogens (tertiary/aromatic N) is 2. The lowest BCUT2D eigenvalue weighted by molar-refractivity contribution is 0.0953. The molecule has 0 fully saturated rings. The number of carbonyl (C=O) groups is 1. The molecule has 2 rings (SSSR count). The van der Waals surface area contributed by atoms with Gasteiger partial charge < -0.3 is 15.6 Å². The number of hydrogen-bond donors (Lipinski definition) is 2. The van der Waals surface area contributed by atoms with E-state index in [-0.39, 0.29) is 12.5 Å². The highest BCUT2D eigenvalue weighted by Gasteiger charge is 2.09. The fraction of sp³-hybridized carbons (Fsp3) is 0.214. The summed E-state index contributed by atoms with van der Waals surface area (Å²) in [7, 11) is 0. The fourth-order valence-electron chi connectivity index (χ4n) is 1.62. The van der Waals surface area contributed by atoms with E-state index in [0.717, 1.165) is 0 Å². The molecule has 1 aromatic heterocycles. The normalized spacial score (nSPS) is 9.65. The first-order valence-corrected chi connectivity index (χ1v) is 6.13. The monoisotopic (exact) mass is 270 g/mol. The SMILES string of the molecule is NCC#Cc1ccccc1C(=O)NCCc1ncno1. The highest BCUT2D eigenvalue weighted by Crippen LogP contribution is 2.07. The van der Waals surface area contributed by atoms with Crippen LogP contribution >= 0.6 is 0 Å². The third-order valence-corrected chi connectivity index (χ3v) is 2.53. The number of amides is 1. The molecule has 0 radical (unpaired) electrons. The molecule has 0 bridgehead atoms. The van der Waals surface area contributed by atoms with Crippen LogP contribution < -0.4 is 11.1 Å². The van der Waals surface area contributed by atoms with Crippen LogP contribution in [0.2, 0.25) is 0 Å². The van der Waals surface area contributed by atoms with Crippen LogP contribution in [0.5, 0.6) is 0 Å². The van der Waals surface area contributed by atoms with Crippen LogP contribution in [-0.2, 0) is 6.42 Å². The molecule has 0 saturated carbocycles. The van der Waals surface area contributed by atoms with Gasteiger partial charge in [-0.15, -0.1) is 0 Å². The highest BCUT2D eigenvalue weighted by atomic mass is 16.5. The van der Waals surface area contributed by atoms with E-state index in [4.69, 9.17) is 10.3 Å². The Morgan fingerprint density at radius 3 is 3.00 bits per heavy atom. The van der Waals surface area contributed by atoms with Crippen molar-refractivity contribution in [1.29, 1.82) is 0 Å². The summed E-state index contributed by atoms with van der Waals surface area (Å²) in [5.74, 6) is 5.92. The van der Waals surface area contributed by atoms with Gasteiger partial charge in [0, 0.05) is 18.5 Å². The zero-order valence-corrected chi connectivity index (χ0v) is 10.8. The van der Waals surface area contributed by atoms with E-state index in [1.165, 1.54) is 6.33 Å². The van der Waals surface area contributed by atoms with Crippen molar-refractivity contribution in [3.05, 3.63) is 47.6 Å². The largest absolute Gasteiger partial charge is 0.351 e. The van der Waals surface area contributed by atoms with Crippen molar-refractivity contribution in [3.63, 3.8) is 0 Å². The van der Waals surface area contributed by atoms with Gasteiger partial charge in [0.2, 0.25) is 5.89 Å². The second kappa shape index (κ2) is 7.07. The summed E-state index contributed by atoms with van der Waals surface area (Å²) in [5, 5.41) is 6.29. The predicted molar refractivity (Wildman–Crippen MR) is 72.7 cm³/mol. The molecule has 0 aliphatic rings. The lowest BCUT2D eigenvalue weighted by atomic mass is 10.1.